The van der Waals surface area contributed by atoms with E-state index in [0.717, 1.165) is 11.1 Å². The molecule has 0 radical (unpaired) electrons. The van der Waals surface area contributed by atoms with E-state index < -0.39 is 30.7 Å². The van der Waals surface area contributed by atoms with Gasteiger partial charge in [0.1, 0.15) is 18.3 Å². The van der Waals surface area contributed by atoms with Crippen molar-refractivity contribution < 1.29 is 24.8 Å². The Morgan fingerprint density at radius 3 is 2.57 bits per heavy atom. The van der Waals surface area contributed by atoms with Crippen molar-refractivity contribution in [3.05, 3.63) is 35.4 Å². The zero-order chi connectivity index (χ0) is 15.1. The molecule has 1 saturated heterocycles. The summed E-state index contributed by atoms with van der Waals surface area (Å²) in [6, 6.07) is 7.54. The molecule has 1 heterocycles. The number of aliphatic hydroxyl groups excluding tert-OH is 3. The minimum absolute atomic E-state index is 0.295. The lowest BCUT2D eigenvalue weighted by Gasteiger charge is -2.40. The van der Waals surface area contributed by atoms with Gasteiger partial charge in [-0.1, -0.05) is 24.3 Å². The predicted molar refractivity (Wildman–Crippen MR) is 74.3 cm³/mol. The largest absolute Gasteiger partial charge is 0.388 e. The van der Waals surface area contributed by atoms with Crippen LogP contribution in [0.3, 0.4) is 0 Å². The molecule has 1 fully saturated rings. The Morgan fingerprint density at radius 1 is 1.14 bits per heavy atom. The highest BCUT2D eigenvalue weighted by Gasteiger charge is 2.44. The van der Waals surface area contributed by atoms with Gasteiger partial charge in [-0.25, -0.2) is 0 Å². The molecule has 116 valence electrons. The zero-order valence-electron chi connectivity index (χ0n) is 11.8. The van der Waals surface area contributed by atoms with Gasteiger partial charge in [0.2, 0.25) is 0 Å². The number of benzene rings is 1. The first kappa shape index (κ1) is 14.9. The fraction of sp³-hybridized carbons (Fsp3) is 0.600. The van der Waals surface area contributed by atoms with Gasteiger partial charge in [0.15, 0.2) is 6.29 Å². The molecule has 3 rings (SSSR count). The third-order valence-electron chi connectivity index (χ3n) is 4.35. The maximum atomic E-state index is 9.99. The smallest absolute Gasteiger partial charge is 0.186 e. The third kappa shape index (κ3) is 2.59. The van der Waals surface area contributed by atoms with Crippen molar-refractivity contribution >= 4 is 0 Å². The summed E-state index contributed by atoms with van der Waals surface area (Å²) in [6.45, 7) is 1.62. The molecule has 0 unspecified atom stereocenters. The summed E-state index contributed by atoms with van der Waals surface area (Å²) in [6.07, 6.45) is -5.02. The minimum Gasteiger partial charge on any atom is -0.388 e. The summed E-state index contributed by atoms with van der Waals surface area (Å²) in [7, 11) is 0. The zero-order valence-corrected chi connectivity index (χ0v) is 11.8. The maximum absolute atomic E-state index is 9.99. The van der Waals surface area contributed by atoms with Crippen LogP contribution in [0.15, 0.2) is 24.3 Å². The van der Waals surface area contributed by atoms with E-state index in [-0.39, 0.29) is 12.1 Å². The van der Waals surface area contributed by atoms with Gasteiger partial charge in [-0.2, -0.15) is 0 Å². The van der Waals surface area contributed by atoms with Gasteiger partial charge in [-0.3, -0.25) is 0 Å². The molecule has 6 heteroatoms. The molecule has 1 aromatic rings. The summed E-state index contributed by atoms with van der Waals surface area (Å²) in [5, 5.41) is 29.5. The number of nitrogens with two attached hydrogens (primary N) is 1. The van der Waals surface area contributed by atoms with E-state index in [1.54, 1.807) is 6.92 Å². The molecule has 0 aromatic heterocycles. The van der Waals surface area contributed by atoms with Crippen LogP contribution >= 0.6 is 0 Å². The highest BCUT2D eigenvalue weighted by Crippen LogP contribution is 2.33. The topological polar surface area (TPSA) is 105 Å². The molecule has 2 aliphatic rings. The van der Waals surface area contributed by atoms with Crippen molar-refractivity contribution in [2.45, 2.75) is 56.2 Å². The van der Waals surface area contributed by atoms with E-state index in [1.165, 1.54) is 0 Å². The van der Waals surface area contributed by atoms with E-state index in [9.17, 15) is 15.3 Å². The number of aliphatic hydroxyl groups is 3. The highest BCUT2D eigenvalue weighted by atomic mass is 16.7. The first-order valence-corrected chi connectivity index (χ1v) is 7.17. The lowest BCUT2D eigenvalue weighted by atomic mass is 10.00. The van der Waals surface area contributed by atoms with Crippen molar-refractivity contribution in [3.8, 4) is 0 Å². The average Bonchev–Trinajstić information content (AvgIpc) is 2.79. The number of hydrogen-bond donors (Lipinski definition) is 4. The van der Waals surface area contributed by atoms with Crippen molar-refractivity contribution in [1.29, 1.82) is 0 Å². The molecule has 1 aromatic carbocycles. The third-order valence-corrected chi connectivity index (χ3v) is 4.35. The molecule has 21 heavy (non-hydrogen) atoms. The first-order chi connectivity index (χ1) is 9.99. The first-order valence-electron chi connectivity index (χ1n) is 7.17. The lowest BCUT2D eigenvalue weighted by molar-refractivity contribution is -0.304. The van der Waals surface area contributed by atoms with E-state index in [4.69, 9.17) is 15.2 Å². The van der Waals surface area contributed by atoms with E-state index in [2.05, 4.69) is 0 Å². The van der Waals surface area contributed by atoms with Crippen LogP contribution in [-0.2, 0) is 15.9 Å². The van der Waals surface area contributed by atoms with Crippen molar-refractivity contribution in [2.24, 2.45) is 5.73 Å². The Bertz CT molecular complexity index is 511. The Hall–Kier alpha value is -1.02. The van der Waals surface area contributed by atoms with Gasteiger partial charge < -0.3 is 30.5 Å². The molecule has 0 saturated carbocycles. The van der Waals surface area contributed by atoms with Crippen LogP contribution < -0.4 is 5.73 Å². The van der Waals surface area contributed by atoms with Crippen molar-refractivity contribution in [1.82, 2.24) is 0 Å². The molecule has 5 N–H and O–H groups in total. The predicted octanol–water partition coefficient (Wildman–Crippen LogP) is -0.545. The molecule has 1 aliphatic carbocycles. The Balaban J connectivity index is 1.71. The molecule has 0 amide bonds. The Labute approximate surface area is 123 Å². The fourth-order valence-electron chi connectivity index (χ4n) is 3.02. The molecular weight excluding hydrogens is 274 g/mol. The van der Waals surface area contributed by atoms with Crippen LogP contribution in [-0.4, -0.2) is 52.1 Å². The summed E-state index contributed by atoms with van der Waals surface area (Å²) >= 11 is 0. The molecule has 0 spiro atoms. The Morgan fingerprint density at radius 2 is 1.86 bits per heavy atom. The highest BCUT2D eigenvalue weighted by molar-refractivity contribution is 5.36. The van der Waals surface area contributed by atoms with E-state index in [0.29, 0.717) is 6.42 Å². The molecule has 7 atom stereocenters. The SMILES string of the molecule is C[C@@H]1O[C@@H](O[C@H]2Cc3ccccc3[C@H]2N)[C@H](O)[C@H](O)[C@H]1O. The summed E-state index contributed by atoms with van der Waals surface area (Å²) in [4.78, 5) is 0. The Kier molecular flexibility index (Phi) is 4.00. The molecule has 1 aliphatic heterocycles. The van der Waals surface area contributed by atoms with Gasteiger partial charge in [0.25, 0.3) is 0 Å². The lowest BCUT2D eigenvalue weighted by Crippen LogP contribution is -2.58. The second-order valence-electron chi connectivity index (χ2n) is 5.78. The number of rotatable bonds is 2. The van der Waals surface area contributed by atoms with E-state index in [1.807, 2.05) is 24.3 Å². The van der Waals surface area contributed by atoms with Crippen LogP contribution in [0.5, 0.6) is 0 Å². The van der Waals surface area contributed by atoms with Crippen LogP contribution in [0, 0.1) is 0 Å². The van der Waals surface area contributed by atoms with Crippen LogP contribution in [0.4, 0.5) is 0 Å². The maximum Gasteiger partial charge on any atom is 0.186 e. The average molecular weight is 295 g/mol. The minimum atomic E-state index is -1.30. The summed E-state index contributed by atoms with van der Waals surface area (Å²) in [5.41, 5.74) is 8.32. The summed E-state index contributed by atoms with van der Waals surface area (Å²) < 4.78 is 11.2. The fourth-order valence-corrected chi connectivity index (χ4v) is 3.02. The van der Waals surface area contributed by atoms with Crippen molar-refractivity contribution in [3.63, 3.8) is 0 Å². The van der Waals surface area contributed by atoms with Gasteiger partial charge in [-0.15, -0.1) is 0 Å². The van der Waals surface area contributed by atoms with Gasteiger partial charge in [0.05, 0.1) is 18.2 Å². The number of hydrogen-bond acceptors (Lipinski definition) is 6. The second-order valence-corrected chi connectivity index (χ2v) is 5.78. The molecular formula is C15H21NO5. The van der Waals surface area contributed by atoms with Crippen LogP contribution in [0.2, 0.25) is 0 Å². The normalized spacial score (nSPS) is 42.8. The van der Waals surface area contributed by atoms with Crippen molar-refractivity contribution in [2.75, 3.05) is 0 Å². The molecule has 6 nitrogen and oxygen atoms in total. The van der Waals surface area contributed by atoms with Gasteiger partial charge in [0, 0.05) is 6.42 Å². The number of ether oxygens (including phenoxy) is 2. The number of fused-ring (bicyclic) bond motifs is 1. The standard InChI is InChI=1S/C15H21NO5/c1-7-12(17)13(18)14(19)15(20-7)21-10-6-8-4-2-3-5-9(8)11(10)16/h2-5,7,10-15,17-19H,6,16H2,1H3/t7-,10-,11+,12-,13+,14+,15-/m0/s1. The quantitative estimate of drug-likeness (QED) is 0.584. The second kappa shape index (κ2) is 5.64. The van der Waals surface area contributed by atoms with Gasteiger partial charge in [-0.05, 0) is 18.1 Å². The van der Waals surface area contributed by atoms with Gasteiger partial charge >= 0.3 is 0 Å². The van der Waals surface area contributed by atoms with E-state index >= 15 is 0 Å². The monoisotopic (exact) mass is 295 g/mol. The van der Waals surface area contributed by atoms with Crippen LogP contribution in [0.25, 0.3) is 0 Å². The molecule has 0 bridgehead atoms. The van der Waals surface area contributed by atoms with Crippen LogP contribution in [0.1, 0.15) is 24.1 Å². The summed E-state index contributed by atoms with van der Waals surface area (Å²) in [5.74, 6) is 0.